The van der Waals surface area contributed by atoms with Gasteiger partial charge in [0.15, 0.2) is 5.78 Å². The van der Waals surface area contributed by atoms with Crippen LogP contribution in [0.4, 0.5) is 13.2 Å². The summed E-state index contributed by atoms with van der Waals surface area (Å²) in [6.45, 7) is -1.44. The number of alkyl halides is 2. The van der Waals surface area contributed by atoms with Crippen molar-refractivity contribution in [2.24, 2.45) is 0 Å². The first-order valence-electron chi connectivity index (χ1n) is 7.59. The van der Waals surface area contributed by atoms with Crippen LogP contribution in [0.2, 0.25) is 0 Å². The maximum atomic E-state index is 13.9. The van der Waals surface area contributed by atoms with Gasteiger partial charge in [-0.2, -0.15) is 8.78 Å². The number of thioether (sulfide) groups is 1. The smallest absolute Gasteiger partial charge is 0.387 e. The maximum Gasteiger partial charge on any atom is 0.387 e. The van der Waals surface area contributed by atoms with Gasteiger partial charge in [0.05, 0.1) is 5.75 Å². The molecule has 8 heteroatoms. The van der Waals surface area contributed by atoms with E-state index in [-0.39, 0.29) is 40.2 Å². The van der Waals surface area contributed by atoms with Crippen molar-refractivity contribution in [3.05, 3.63) is 59.4 Å². The number of carbonyl (C=O) groups excluding carboxylic acids is 2. The number of ketones is 1. The summed E-state index contributed by atoms with van der Waals surface area (Å²) in [6.07, 6.45) is 0. The Balaban J connectivity index is 1.85. The average molecular weight is 383 g/mol. The Labute approximate surface area is 152 Å². The average Bonchev–Trinajstić information content (AvgIpc) is 2.58. The highest BCUT2D eigenvalue weighted by molar-refractivity contribution is 8.00. The summed E-state index contributed by atoms with van der Waals surface area (Å²) in [5, 5.41) is 2.62. The number of carbonyl (C=O) groups is 2. The van der Waals surface area contributed by atoms with Crippen molar-refractivity contribution in [1.29, 1.82) is 0 Å². The van der Waals surface area contributed by atoms with E-state index in [0.717, 1.165) is 17.8 Å². The van der Waals surface area contributed by atoms with Gasteiger partial charge in [0.25, 0.3) is 0 Å². The zero-order valence-corrected chi connectivity index (χ0v) is 14.6. The molecule has 0 aliphatic heterocycles. The zero-order valence-electron chi connectivity index (χ0n) is 13.8. The van der Waals surface area contributed by atoms with Gasteiger partial charge in [0.1, 0.15) is 11.6 Å². The number of Topliss-reactive ketones (excluding diaryl/α,β-unsaturated/α-hetero) is 1. The number of benzene rings is 2. The van der Waals surface area contributed by atoms with Crippen LogP contribution in [-0.2, 0) is 11.3 Å². The Morgan fingerprint density at radius 3 is 2.62 bits per heavy atom. The molecule has 2 aromatic carbocycles. The molecule has 0 saturated carbocycles. The third-order valence-corrected chi connectivity index (χ3v) is 4.36. The molecule has 0 unspecified atom stereocenters. The predicted molar refractivity (Wildman–Crippen MR) is 92.0 cm³/mol. The molecule has 26 heavy (non-hydrogen) atoms. The van der Waals surface area contributed by atoms with Crippen LogP contribution in [0, 0.1) is 5.82 Å². The van der Waals surface area contributed by atoms with E-state index < -0.39 is 12.4 Å². The molecule has 0 saturated heterocycles. The van der Waals surface area contributed by atoms with Gasteiger partial charge in [-0.15, -0.1) is 11.8 Å². The van der Waals surface area contributed by atoms with Crippen molar-refractivity contribution in [3.8, 4) is 5.75 Å². The van der Waals surface area contributed by atoms with E-state index in [2.05, 4.69) is 10.1 Å². The molecule has 1 N–H and O–H groups in total. The fraction of sp³-hybridized carbons (Fsp3) is 0.222. The third kappa shape index (κ3) is 6.11. The lowest BCUT2D eigenvalue weighted by atomic mass is 10.1. The maximum absolute atomic E-state index is 13.9. The van der Waals surface area contributed by atoms with E-state index in [1.807, 2.05) is 0 Å². The summed E-state index contributed by atoms with van der Waals surface area (Å²) in [7, 11) is 0. The molecule has 0 spiro atoms. The molecule has 0 radical (unpaired) electrons. The quantitative estimate of drug-likeness (QED) is 0.552. The summed E-state index contributed by atoms with van der Waals surface area (Å²) in [6, 6.07) is 10.1. The SMILES string of the molecule is CC(=O)c1ccc(SCC(=O)NCc2cccc(OC(F)F)c2)c(F)c1. The van der Waals surface area contributed by atoms with E-state index in [0.29, 0.717) is 5.56 Å². The number of nitrogens with one attached hydrogen (secondary N) is 1. The lowest BCUT2D eigenvalue weighted by molar-refractivity contribution is -0.118. The molecule has 138 valence electrons. The van der Waals surface area contributed by atoms with Crippen LogP contribution in [0.5, 0.6) is 5.75 Å². The van der Waals surface area contributed by atoms with Crippen LogP contribution in [0.1, 0.15) is 22.8 Å². The van der Waals surface area contributed by atoms with Crippen LogP contribution < -0.4 is 10.1 Å². The lowest BCUT2D eigenvalue weighted by Gasteiger charge is -2.09. The summed E-state index contributed by atoms with van der Waals surface area (Å²) in [5.41, 5.74) is 0.862. The van der Waals surface area contributed by atoms with Crippen LogP contribution in [0.25, 0.3) is 0 Å². The van der Waals surface area contributed by atoms with Gasteiger partial charge >= 0.3 is 6.61 Å². The van der Waals surface area contributed by atoms with Gasteiger partial charge < -0.3 is 10.1 Å². The number of halogens is 3. The van der Waals surface area contributed by atoms with Crippen LogP contribution in [0.15, 0.2) is 47.4 Å². The van der Waals surface area contributed by atoms with Gasteiger partial charge in [-0.1, -0.05) is 18.2 Å². The molecule has 0 heterocycles. The van der Waals surface area contributed by atoms with Crippen molar-refractivity contribution in [3.63, 3.8) is 0 Å². The molecule has 0 atom stereocenters. The summed E-state index contributed by atoms with van der Waals surface area (Å²) in [5.74, 6) is -1.16. The second-order valence-corrected chi connectivity index (χ2v) is 6.31. The predicted octanol–water partition coefficient (Wildman–Crippen LogP) is 4.04. The standard InChI is InChI=1S/C18H16F3NO3S/c1-11(23)13-5-6-16(15(19)8-13)26-10-17(24)22-9-12-3-2-4-14(7-12)25-18(20)21/h2-8,18H,9-10H2,1H3,(H,22,24). The molecular formula is C18H16F3NO3S. The normalized spacial score (nSPS) is 10.7. The van der Waals surface area contributed by atoms with Gasteiger partial charge in [-0.25, -0.2) is 4.39 Å². The van der Waals surface area contributed by atoms with Crippen molar-refractivity contribution in [2.75, 3.05) is 5.75 Å². The zero-order chi connectivity index (χ0) is 19.1. The molecule has 0 fully saturated rings. The van der Waals surface area contributed by atoms with Gasteiger partial charge in [0, 0.05) is 17.0 Å². The molecule has 2 rings (SSSR count). The minimum Gasteiger partial charge on any atom is -0.435 e. The summed E-state index contributed by atoms with van der Waals surface area (Å²) >= 11 is 1.00. The first kappa shape index (κ1) is 19.8. The molecule has 0 bridgehead atoms. The Morgan fingerprint density at radius 2 is 1.96 bits per heavy atom. The van der Waals surface area contributed by atoms with E-state index in [1.165, 1.54) is 31.2 Å². The second-order valence-electron chi connectivity index (χ2n) is 5.29. The molecule has 0 aliphatic rings. The number of rotatable bonds is 8. The third-order valence-electron chi connectivity index (χ3n) is 3.31. The van der Waals surface area contributed by atoms with E-state index in [4.69, 9.17) is 0 Å². The Hall–Kier alpha value is -2.48. The highest BCUT2D eigenvalue weighted by atomic mass is 32.2. The Morgan fingerprint density at radius 1 is 1.19 bits per heavy atom. The second kappa shape index (κ2) is 9.28. The van der Waals surface area contributed by atoms with E-state index in [1.54, 1.807) is 12.1 Å². The lowest BCUT2D eigenvalue weighted by Crippen LogP contribution is -2.24. The number of amides is 1. The van der Waals surface area contributed by atoms with Gasteiger partial charge in [-0.3, -0.25) is 9.59 Å². The van der Waals surface area contributed by atoms with Crippen molar-refractivity contribution in [2.45, 2.75) is 25.0 Å². The molecule has 0 aliphatic carbocycles. The minimum absolute atomic E-state index is 0.00811. The highest BCUT2D eigenvalue weighted by Crippen LogP contribution is 2.23. The van der Waals surface area contributed by atoms with Crippen molar-refractivity contribution < 1.29 is 27.5 Å². The van der Waals surface area contributed by atoms with Gasteiger partial charge in [-0.05, 0) is 36.8 Å². The molecule has 1 amide bonds. The van der Waals surface area contributed by atoms with Crippen molar-refractivity contribution >= 4 is 23.5 Å². The molecule has 0 aromatic heterocycles. The fourth-order valence-corrected chi connectivity index (χ4v) is 2.81. The number of hydrogen-bond donors (Lipinski definition) is 1. The Kier molecular flexibility index (Phi) is 7.08. The monoisotopic (exact) mass is 383 g/mol. The van der Waals surface area contributed by atoms with Crippen LogP contribution in [-0.4, -0.2) is 24.1 Å². The molecule has 4 nitrogen and oxygen atoms in total. The fourth-order valence-electron chi connectivity index (χ4n) is 2.06. The Bertz CT molecular complexity index is 799. The van der Waals surface area contributed by atoms with E-state index in [9.17, 15) is 22.8 Å². The number of hydrogen-bond acceptors (Lipinski definition) is 4. The largest absolute Gasteiger partial charge is 0.435 e. The summed E-state index contributed by atoms with van der Waals surface area (Å²) < 4.78 is 42.5. The first-order valence-corrected chi connectivity index (χ1v) is 8.57. The molecular weight excluding hydrogens is 367 g/mol. The summed E-state index contributed by atoms with van der Waals surface area (Å²) in [4.78, 5) is 23.3. The first-order chi connectivity index (χ1) is 12.3. The van der Waals surface area contributed by atoms with Crippen LogP contribution in [0.3, 0.4) is 0 Å². The topological polar surface area (TPSA) is 55.4 Å². The van der Waals surface area contributed by atoms with Crippen molar-refractivity contribution in [1.82, 2.24) is 5.32 Å². The van der Waals surface area contributed by atoms with Crippen LogP contribution >= 0.6 is 11.8 Å². The molecule has 2 aromatic rings. The van der Waals surface area contributed by atoms with E-state index >= 15 is 0 Å². The number of ether oxygens (including phenoxy) is 1. The highest BCUT2D eigenvalue weighted by Gasteiger charge is 2.10. The minimum atomic E-state index is -2.92. The van der Waals surface area contributed by atoms with Gasteiger partial charge in [0.2, 0.25) is 5.91 Å².